The number of amides is 1. The van der Waals surface area contributed by atoms with Crippen molar-refractivity contribution in [2.24, 2.45) is 0 Å². The second-order valence-corrected chi connectivity index (χ2v) is 5.92. The highest BCUT2D eigenvalue weighted by Crippen LogP contribution is 2.26. The molecule has 0 bridgehead atoms. The van der Waals surface area contributed by atoms with Gasteiger partial charge in [0.25, 0.3) is 11.6 Å². The van der Waals surface area contributed by atoms with E-state index in [0.29, 0.717) is 5.75 Å². The minimum Gasteiger partial charge on any atom is -0.508 e. The monoisotopic (exact) mass is 342 g/mol. The van der Waals surface area contributed by atoms with Crippen LogP contribution < -0.4 is 10.1 Å². The summed E-state index contributed by atoms with van der Waals surface area (Å²) < 4.78 is 5.49. The third-order valence-corrected chi connectivity index (χ3v) is 4.19. The molecule has 1 amide bonds. The molecule has 1 aliphatic rings. The average molecular weight is 342 g/mol. The van der Waals surface area contributed by atoms with Gasteiger partial charge in [0, 0.05) is 24.2 Å². The van der Waals surface area contributed by atoms with Crippen molar-refractivity contribution < 1.29 is 19.6 Å². The Morgan fingerprint density at radius 2 is 2.00 bits per heavy atom. The number of aryl methyl sites for hydroxylation is 2. The SMILES string of the molecule is O=C(COc1ccc2c(c1)CCC2)NCc1cc([N+](=O)[O-])ccc1O. The number of nitrogens with zero attached hydrogens (tertiary/aromatic N) is 1. The second kappa shape index (κ2) is 7.21. The number of hydrogen-bond donors (Lipinski definition) is 2. The zero-order valence-corrected chi connectivity index (χ0v) is 13.5. The quantitative estimate of drug-likeness (QED) is 0.620. The number of nitro groups is 1. The van der Waals surface area contributed by atoms with E-state index >= 15 is 0 Å². The predicted molar refractivity (Wildman–Crippen MR) is 90.6 cm³/mol. The van der Waals surface area contributed by atoms with E-state index in [1.807, 2.05) is 18.2 Å². The molecule has 0 unspecified atom stereocenters. The van der Waals surface area contributed by atoms with Crippen LogP contribution in [0, 0.1) is 10.1 Å². The molecule has 25 heavy (non-hydrogen) atoms. The molecule has 130 valence electrons. The summed E-state index contributed by atoms with van der Waals surface area (Å²) in [4.78, 5) is 22.1. The first-order valence-electron chi connectivity index (χ1n) is 8.00. The van der Waals surface area contributed by atoms with Crippen molar-refractivity contribution in [2.75, 3.05) is 6.61 Å². The van der Waals surface area contributed by atoms with E-state index in [9.17, 15) is 20.0 Å². The maximum Gasteiger partial charge on any atom is 0.270 e. The van der Waals surface area contributed by atoms with E-state index in [1.165, 1.54) is 29.3 Å². The largest absolute Gasteiger partial charge is 0.508 e. The number of non-ortho nitro benzene ring substituents is 1. The number of carbonyl (C=O) groups is 1. The number of phenols is 1. The fourth-order valence-electron chi connectivity index (χ4n) is 2.86. The van der Waals surface area contributed by atoms with E-state index in [-0.39, 0.29) is 36.1 Å². The van der Waals surface area contributed by atoms with Gasteiger partial charge < -0.3 is 15.2 Å². The number of ether oxygens (including phenoxy) is 1. The van der Waals surface area contributed by atoms with Gasteiger partial charge in [-0.25, -0.2) is 0 Å². The van der Waals surface area contributed by atoms with Gasteiger partial charge in [-0.1, -0.05) is 6.07 Å². The fraction of sp³-hybridized carbons (Fsp3) is 0.278. The third kappa shape index (κ3) is 4.06. The van der Waals surface area contributed by atoms with Gasteiger partial charge in [-0.3, -0.25) is 14.9 Å². The van der Waals surface area contributed by atoms with E-state index < -0.39 is 4.92 Å². The van der Waals surface area contributed by atoms with Crippen molar-refractivity contribution in [1.82, 2.24) is 5.32 Å². The second-order valence-electron chi connectivity index (χ2n) is 5.92. The van der Waals surface area contributed by atoms with E-state index in [4.69, 9.17) is 4.74 Å². The van der Waals surface area contributed by atoms with Crippen molar-refractivity contribution in [2.45, 2.75) is 25.8 Å². The van der Waals surface area contributed by atoms with Crippen LogP contribution in [0.3, 0.4) is 0 Å². The lowest BCUT2D eigenvalue weighted by Gasteiger charge is -2.09. The number of phenolic OH excluding ortho intramolecular Hbond substituents is 1. The maximum absolute atomic E-state index is 11.9. The van der Waals surface area contributed by atoms with Crippen molar-refractivity contribution in [3.63, 3.8) is 0 Å². The zero-order chi connectivity index (χ0) is 17.8. The molecule has 2 N–H and O–H groups in total. The van der Waals surface area contributed by atoms with Crippen molar-refractivity contribution in [3.05, 3.63) is 63.2 Å². The Kier molecular flexibility index (Phi) is 4.83. The van der Waals surface area contributed by atoms with Gasteiger partial charge in [0.15, 0.2) is 6.61 Å². The van der Waals surface area contributed by atoms with Crippen LogP contribution in [-0.4, -0.2) is 22.5 Å². The molecule has 0 aromatic heterocycles. The molecule has 7 nitrogen and oxygen atoms in total. The van der Waals surface area contributed by atoms with Crippen LogP contribution in [0.4, 0.5) is 5.69 Å². The summed E-state index contributed by atoms with van der Waals surface area (Å²) in [5.74, 6) is 0.172. The van der Waals surface area contributed by atoms with Crippen molar-refractivity contribution >= 4 is 11.6 Å². The first kappa shape index (κ1) is 16.8. The molecule has 0 atom stereocenters. The summed E-state index contributed by atoms with van der Waals surface area (Å²) in [6.07, 6.45) is 3.26. The standard InChI is InChI=1S/C18H18N2O5/c21-17-7-5-15(20(23)24)8-14(17)10-19-18(22)11-25-16-6-4-12-2-1-3-13(12)9-16/h4-9,21H,1-3,10-11H2,(H,19,22). The number of aromatic hydroxyl groups is 1. The molecule has 0 saturated carbocycles. The Morgan fingerprint density at radius 3 is 2.80 bits per heavy atom. The number of nitrogens with one attached hydrogen (secondary N) is 1. The summed E-state index contributed by atoms with van der Waals surface area (Å²) in [6.45, 7) is -0.172. The Bertz CT molecular complexity index is 819. The number of fused-ring (bicyclic) bond motifs is 1. The van der Waals surface area contributed by atoms with Gasteiger partial charge in [0.2, 0.25) is 0 Å². The molecule has 2 aromatic rings. The lowest BCUT2D eigenvalue weighted by Crippen LogP contribution is -2.28. The minimum absolute atomic E-state index is 0.0140. The van der Waals surface area contributed by atoms with Crippen molar-refractivity contribution in [3.8, 4) is 11.5 Å². The summed E-state index contributed by atoms with van der Waals surface area (Å²) in [6, 6.07) is 9.51. The predicted octanol–water partition coefficient (Wildman–Crippen LogP) is 2.48. The first-order valence-corrected chi connectivity index (χ1v) is 8.00. The van der Waals surface area contributed by atoms with Gasteiger partial charge in [-0.2, -0.15) is 0 Å². The molecule has 7 heteroatoms. The normalized spacial score (nSPS) is 12.5. The molecule has 0 saturated heterocycles. The zero-order valence-electron chi connectivity index (χ0n) is 13.5. The van der Waals surface area contributed by atoms with Crippen LogP contribution in [0.5, 0.6) is 11.5 Å². The Hall–Kier alpha value is -3.09. The van der Waals surface area contributed by atoms with Crippen LogP contribution in [0.15, 0.2) is 36.4 Å². The number of benzene rings is 2. The highest BCUT2D eigenvalue weighted by Gasteiger charge is 2.13. The topological polar surface area (TPSA) is 102 Å². The van der Waals surface area contributed by atoms with Crippen LogP contribution in [-0.2, 0) is 24.2 Å². The van der Waals surface area contributed by atoms with E-state index in [1.54, 1.807) is 0 Å². The molecule has 3 rings (SSSR count). The average Bonchev–Trinajstić information content (AvgIpc) is 3.06. The fourth-order valence-corrected chi connectivity index (χ4v) is 2.86. The summed E-state index contributed by atoms with van der Waals surface area (Å²) >= 11 is 0. The van der Waals surface area contributed by atoms with Gasteiger partial charge in [-0.05, 0) is 48.6 Å². The summed E-state index contributed by atoms with van der Waals surface area (Å²) in [5.41, 5.74) is 2.73. The maximum atomic E-state index is 11.9. The molecule has 0 spiro atoms. The molecule has 0 fully saturated rings. The van der Waals surface area contributed by atoms with Crippen molar-refractivity contribution in [1.29, 1.82) is 0 Å². The number of hydrogen-bond acceptors (Lipinski definition) is 5. The van der Waals surface area contributed by atoms with E-state index in [2.05, 4.69) is 5.32 Å². The third-order valence-electron chi connectivity index (χ3n) is 4.19. The Balaban J connectivity index is 1.53. The Labute approximate surface area is 144 Å². The molecule has 0 aliphatic heterocycles. The van der Waals surface area contributed by atoms with Crippen LogP contribution >= 0.6 is 0 Å². The summed E-state index contributed by atoms with van der Waals surface area (Å²) in [7, 11) is 0. The van der Waals surface area contributed by atoms with Gasteiger partial charge in [-0.15, -0.1) is 0 Å². The molecular weight excluding hydrogens is 324 g/mol. The molecule has 2 aromatic carbocycles. The molecule has 0 heterocycles. The van der Waals surface area contributed by atoms with Gasteiger partial charge in [0.05, 0.1) is 4.92 Å². The lowest BCUT2D eigenvalue weighted by molar-refractivity contribution is -0.384. The lowest BCUT2D eigenvalue weighted by atomic mass is 10.1. The number of carbonyl (C=O) groups excluding carboxylic acids is 1. The van der Waals surface area contributed by atoms with Crippen LogP contribution in [0.2, 0.25) is 0 Å². The van der Waals surface area contributed by atoms with E-state index in [0.717, 1.165) is 19.3 Å². The number of rotatable bonds is 6. The minimum atomic E-state index is -0.554. The molecular formula is C18H18N2O5. The Morgan fingerprint density at radius 1 is 1.20 bits per heavy atom. The van der Waals surface area contributed by atoms with Crippen LogP contribution in [0.1, 0.15) is 23.1 Å². The highest BCUT2D eigenvalue weighted by atomic mass is 16.6. The highest BCUT2D eigenvalue weighted by molar-refractivity contribution is 5.77. The molecule has 1 aliphatic carbocycles. The first-order chi connectivity index (χ1) is 12.0. The summed E-state index contributed by atoms with van der Waals surface area (Å²) in [5, 5.41) is 23.1. The van der Waals surface area contributed by atoms with Gasteiger partial charge in [0.1, 0.15) is 11.5 Å². The van der Waals surface area contributed by atoms with Gasteiger partial charge >= 0.3 is 0 Å². The molecule has 0 radical (unpaired) electrons. The smallest absolute Gasteiger partial charge is 0.270 e. The van der Waals surface area contributed by atoms with Crippen LogP contribution in [0.25, 0.3) is 0 Å². The number of nitro benzene ring substituents is 1.